The van der Waals surface area contributed by atoms with E-state index in [1.54, 1.807) is 0 Å². The van der Waals surface area contributed by atoms with Crippen LogP contribution in [-0.4, -0.2) is 44.5 Å². The van der Waals surface area contributed by atoms with Gasteiger partial charge in [0.1, 0.15) is 0 Å². The first-order valence-corrected chi connectivity index (χ1v) is 6.13. The van der Waals surface area contributed by atoms with Crippen molar-refractivity contribution in [2.24, 2.45) is 5.41 Å². The lowest BCUT2D eigenvalue weighted by Gasteiger charge is -2.15. The van der Waals surface area contributed by atoms with Crippen molar-refractivity contribution in [3.63, 3.8) is 0 Å². The lowest BCUT2D eigenvalue weighted by atomic mass is 10.0. The lowest BCUT2D eigenvalue weighted by Crippen LogP contribution is -2.27. The molecule has 0 saturated heterocycles. The quantitative estimate of drug-likeness (QED) is 0.495. The van der Waals surface area contributed by atoms with Gasteiger partial charge in [0, 0.05) is 12.4 Å². The Morgan fingerprint density at radius 2 is 2.07 bits per heavy atom. The van der Waals surface area contributed by atoms with Crippen LogP contribution in [0.4, 0.5) is 0 Å². The minimum atomic E-state index is 0.583. The van der Waals surface area contributed by atoms with Gasteiger partial charge in [-0.3, -0.25) is 0 Å². The van der Waals surface area contributed by atoms with Crippen LogP contribution < -0.4 is 5.32 Å². The number of alkyl halides is 1. The maximum Gasteiger partial charge on any atom is 0.0229 e. The fourth-order valence-electron chi connectivity index (χ4n) is 1.77. The van der Waals surface area contributed by atoms with Crippen molar-refractivity contribution in [1.29, 1.82) is 0 Å². The number of nitrogens with zero attached hydrogens (tertiary/aromatic N) is 1. The molecule has 2 nitrogen and oxygen atoms in total. The molecule has 0 aromatic carbocycles. The molecule has 1 aliphatic rings. The van der Waals surface area contributed by atoms with Gasteiger partial charge < -0.3 is 10.2 Å². The molecule has 0 radical (unpaired) electrons. The van der Waals surface area contributed by atoms with Gasteiger partial charge in [-0.1, -0.05) is 0 Å². The third-order valence-corrected chi connectivity index (χ3v) is 3.23. The van der Waals surface area contributed by atoms with E-state index in [1.165, 1.54) is 38.8 Å². The standard InChI is InChI=1S/C11H23ClN2/c1-14(2)9-3-8-13-10-11(4-5-11)6-7-12/h13H,3-10H2,1-2H3. The van der Waals surface area contributed by atoms with Crippen LogP contribution >= 0.6 is 11.6 Å². The molecular formula is C11H23ClN2. The minimum absolute atomic E-state index is 0.583. The average Bonchev–Trinajstić information content (AvgIpc) is 2.85. The Morgan fingerprint density at radius 1 is 1.36 bits per heavy atom. The molecule has 1 rings (SSSR count). The summed E-state index contributed by atoms with van der Waals surface area (Å²) in [4.78, 5) is 2.23. The normalized spacial score (nSPS) is 18.9. The number of rotatable bonds is 8. The monoisotopic (exact) mass is 218 g/mol. The molecule has 1 fully saturated rings. The summed E-state index contributed by atoms with van der Waals surface area (Å²) in [6.45, 7) is 3.49. The van der Waals surface area contributed by atoms with E-state index in [4.69, 9.17) is 11.6 Å². The third-order valence-electron chi connectivity index (χ3n) is 3.04. The van der Waals surface area contributed by atoms with Gasteiger partial charge in [0.05, 0.1) is 0 Å². The molecule has 84 valence electrons. The molecule has 0 bridgehead atoms. The molecule has 1 aliphatic carbocycles. The first-order chi connectivity index (χ1) is 6.68. The Labute approximate surface area is 93.0 Å². The molecule has 1 saturated carbocycles. The zero-order chi connectivity index (χ0) is 10.4. The highest BCUT2D eigenvalue weighted by atomic mass is 35.5. The molecule has 0 spiro atoms. The Morgan fingerprint density at radius 3 is 2.57 bits per heavy atom. The maximum absolute atomic E-state index is 5.77. The summed E-state index contributed by atoms with van der Waals surface area (Å²) in [5.74, 6) is 0.819. The maximum atomic E-state index is 5.77. The third kappa shape index (κ3) is 4.63. The zero-order valence-electron chi connectivity index (χ0n) is 9.48. The van der Waals surface area contributed by atoms with Gasteiger partial charge in [-0.25, -0.2) is 0 Å². The number of hydrogen-bond acceptors (Lipinski definition) is 2. The topological polar surface area (TPSA) is 15.3 Å². The second-order valence-corrected chi connectivity index (χ2v) is 5.15. The molecule has 0 aromatic rings. The van der Waals surface area contributed by atoms with Gasteiger partial charge in [-0.15, -0.1) is 11.6 Å². The smallest absolute Gasteiger partial charge is 0.0229 e. The van der Waals surface area contributed by atoms with E-state index in [1.807, 2.05) is 0 Å². The highest BCUT2D eigenvalue weighted by Gasteiger charge is 2.40. The molecule has 0 amide bonds. The van der Waals surface area contributed by atoms with Crippen molar-refractivity contribution in [2.45, 2.75) is 25.7 Å². The second kappa shape index (κ2) is 5.94. The lowest BCUT2D eigenvalue weighted by molar-refractivity contribution is 0.382. The summed E-state index contributed by atoms with van der Waals surface area (Å²) in [5, 5.41) is 3.54. The number of nitrogens with one attached hydrogen (secondary N) is 1. The van der Waals surface area contributed by atoms with Crippen molar-refractivity contribution in [2.75, 3.05) is 39.6 Å². The molecule has 0 aliphatic heterocycles. The SMILES string of the molecule is CN(C)CCCNCC1(CCCl)CC1. The Balaban J connectivity index is 1.93. The molecule has 3 heteroatoms. The first-order valence-electron chi connectivity index (χ1n) is 5.60. The van der Waals surface area contributed by atoms with E-state index in [-0.39, 0.29) is 0 Å². The number of hydrogen-bond donors (Lipinski definition) is 1. The van der Waals surface area contributed by atoms with Crippen molar-refractivity contribution in [3.05, 3.63) is 0 Å². The van der Waals surface area contributed by atoms with Crippen molar-refractivity contribution in [3.8, 4) is 0 Å². The summed E-state index contributed by atoms with van der Waals surface area (Å²) in [6.07, 6.45) is 5.18. The molecular weight excluding hydrogens is 196 g/mol. The predicted molar refractivity (Wildman–Crippen MR) is 63.0 cm³/mol. The van der Waals surface area contributed by atoms with E-state index in [0.717, 1.165) is 12.4 Å². The zero-order valence-corrected chi connectivity index (χ0v) is 10.2. The van der Waals surface area contributed by atoms with Crippen LogP contribution in [0, 0.1) is 5.41 Å². The van der Waals surface area contributed by atoms with Crippen LogP contribution in [0.3, 0.4) is 0 Å². The fraction of sp³-hybridized carbons (Fsp3) is 1.00. The van der Waals surface area contributed by atoms with Gasteiger partial charge >= 0.3 is 0 Å². The van der Waals surface area contributed by atoms with Crippen LogP contribution in [0.15, 0.2) is 0 Å². The summed E-state index contributed by atoms with van der Waals surface area (Å²) in [6, 6.07) is 0. The van der Waals surface area contributed by atoms with Gasteiger partial charge in [0.2, 0.25) is 0 Å². The summed E-state index contributed by atoms with van der Waals surface area (Å²) < 4.78 is 0. The van der Waals surface area contributed by atoms with E-state index in [0.29, 0.717) is 5.41 Å². The molecule has 0 aromatic heterocycles. The van der Waals surface area contributed by atoms with Crippen LogP contribution in [0.25, 0.3) is 0 Å². The average molecular weight is 219 g/mol. The van der Waals surface area contributed by atoms with Crippen molar-refractivity contribution in [1.82, 2.24) is 10.2 Å². The Hall–Kier alpha value is 0.210. The summed E-state index contributed by atoms with van der Waals surface area (Å²) in [5.41, 5.74) is 0.583. The summed E-state index contributed by atoms with van der Waals surface area (Å²) >= 11 is 5.77. The number of halogens is 1. The van der Waals surface area contributed by atoms with Crippen LogP contribution in [-0.2, 0) is 0 Å². The van der Waals surface area contributed by atoms with Gasteiger partial charge in [-0.2, -0.15) is 0 Å². The minimum Gasteiger partial charge on any atom is -0.316 e. The molecule has 0 heterocycles. The molecule has 14 heavy (non-hydrogen) atoms. The van der Waals surface area contributed by atoms with Crippen LogP contribution in [0.1, 0.15) is 25.7 Å². The van der Waals surface area contributed by atoms with Crippen LogP contribution in [0.2, 0.25) is 0 Å². The fourth-order valence-corrected chi connectivity index (χ4v) is 2.17. The van der Waals surface area contributed by atoms with Gasteiger partial charge in [0.15, 0.2) is 0 Å². The van der Waals surface area contributed by atoms with Crippen molar-refractivity contribution < 1.29 is 0 Å². The van der Waals surface area contributed by atoms with E-state index in [9.17, 15) is 0 Å². The Bertz CT molecular complexity index is 155. The van der Waals surface area contributed by atoms with E-state index < -0.39 is 0 Å². The molecule has 1 N–H and O–H groups in total. The first kappa shape index (κ1) is 12.3. The summed E-state index contributed by atoms with van der Waals surface area (Å²) in [7, 11) is 4.24. The van der Waals surface area contributed by atoms with Gasteiger partial charge in [-0.05, 0) is 58.3 Å². The van der Waals surface area contributed by atoms with Gasteiger partial charge in [0.25, 0.3) is 0 Å². The largest absolute Gasteiger partial charge is 0.316 e. The van der Waals surface area contributed by atoms with E-state index in [2.05, 4.69) is 24.3 Å². The predicted octanol–water partition coefficient (Wildman–Crippen LogP) is 1.94. The second-order valence-electron chi connectivity index (χ2n) is 4.77. The Kier molecular flexibility index (Phi) is 5.21. The molecule has 0 unspecified atom stereocenters. The van der Waals surface area contributed by atoms with Crippen LogP contribution in [0.5, 0.6) is 0 Å². The van der Waals surface area contributed by atoms with Crippen molar-refractivity contribution >= 4 is 11.6 Å². The van der Waals surface area contributed by atoms with E-state index >= 15 is 0 Å². The highest BCUT2D eigenvalue weighted by molar-refractivity contribution is 6.17. The molecule has 0 atom stereocenters. The highest BCUT2D eigenvalue weighted by Crippen LogP contribution is 2.48.